The third-order valence-corrected chi connectivity index (χ3v) is 2.80. The summed E-state index contributed by atoms with van der Waals surface area (Å²) in [5.74, 6) is -0.385. The van der Waals surface area contributed by atoms with Crippen molar-refractivity contribution in [2.24, 2.45) is 0 Å². The normalized spacial score (nSPS) is 10.3. The number of aryl methyl sites for hydroxylation is 1. The molecule has 2 rings (SSSR count). The van der Waals surface area contributed by atoms with Crippen molar-refractivity contribution >= 4 is 5.78 Å². The molecule has 1 aromatic carbocycles. The quantitative estimate of drug-likeness (QED) is 0.772. The van der Waals surface area contributed by atoms with Crippen molar-refractivity contribution in [3.8, 4) is 0 Å². The van der Waals surface area contributed by atoms with Crippen LogP contribution in [-0.2, 0) is 12.8 Å². The highest BCUT2D eigenvalue weighted by atomic mass is 19.1. The van der Waals surface area contributed by atoms with Crippen LogP contribution in [0.4, 0.5) is 4.39 Å². The lowest BCUT2D eigenvalue weighted by Crippen LogP contribution is -2.05. The standard InChI is InChI=1S/C15H14FNO/c1-2-11-3-8-14(17-10-11)9-15(18)12-4-6-13(16)7-5-12/h3-8,10H,2,9H2,1H3. The van der Waals surface area contributed by atoms with E-state index in [4.69, 9.17) is 0 Å². The van der Waals surface area contributed by atoms with Gasteiger partial charge in [0.2, 0.25) is 0 Å². The molecule has 2 aromatic rings. The molecule has 1 aromatic heterocycles. The third kappa shape index (κ3) is 3.00. The Bertz CT molecular complexity index is 531. The van der Waals surface area contributed by atoms with E-state index in [0.29, 0.717) is 5.56 Å². The van der Waals surface area contributed by atoms with Crippen LogP contribution in [-0.4, -0.2) is 10.8 Å². The van der Waals surface area contributed by atoms with Gasteiger partial charge in [0, 0.05) is 17.5 Å². The SMILES string of the molecule is CCc1ccc(CC(=O)c2ccc(F)cc2)nc1. The van der Waals surface area contributed by atoms with E-state index < -0.39 is 0 Å². The molecule has 0 N–H and O–H groups in total. The van der Waals surface area contributed by atoms with Crippen LogP contribution in [0, 0.1) is 5.82 Å². The molecule has 0 saturated heterocycles. The van der Waals surface area contributed by atoms with E-state index in [-0.39, 0.29) is 18.0 Å². The van der Waals surface area contributed by atoms with Crippen LogP contribution >= 0.6 is 0 Å². The summed E-state index contributed by atoms with van der Waals surface area (Å²) in [6.45, 7) is 2.06. The number of carbonyl (C=O) groups is 1. The fourth-order valence-corrected chi connectivity index (χ4v) is 1.67. The maximum absolute atomic E-state index is 12.7. The molecular weight excluding hydrogens is 229 g/mol. The minimum Gasteiger partial charge on any atom is -0.294 e. The highest BCUT2D eigenvalue weighted by Crippen LogP contribution is 2.08. The summed E-state index contributed by atoms with van der Waals surface area (Å²) < 4.78 is 12.7. The van der Waals surface area contributed by atoms with Crippen LogP contribution in [0.25, 0.3) is 0 Å². The zero-order chi connectivity index (χ0) is 13.0. The Balaban J connectivity index is 2.08. The number of halogens is 1. The second kappa shape index (κ2) is 5.54. The first-order valence-corrected chi connectivity index (χ1v) is 5.91. The van der Waals surface area contributed by atoms with Gasteiger partial charge < -0.3 is 0 Å². The molecule has 2 nitrogen and oxygen atoms in total. The van der Waals surface area contributed by atoms with Gasteiger partial charge >= 0.3 is 0 Å². The molecule has 1 heterocycles. The molecule has 0 aliphatic carbocycles. The molecule has 3 heteroatoms. The van der Waals surface area contributed by atoms with Gasteiger partial charge in [-0.15, -0.1) is 0 Å². The van der Waals surface area contributed by atoms with Gasteiger partial charge in [-0.3, -0.25) is 9.78 Å². The average molecular weight is 243 g/mol. The molecule has 0 aliphatic rings. The van der Waals surface area contributed by atoms with Gasteiger partial charge in [0.25, 0.3) is 0 Å². The maximum Gasteiger partial charge on any atom is 0.168 e. The summed E-state index contributed by atoms with van der Waals surface area (Å²) in [5.41, 5.74) is 2.40. The molecular formula is C15H14FNO. The number of rotatable bonds is 4. The number of hydrogen-bond acceptors (Lipinski definition) is 2. The van der Waals surface area contributed by atoms with Crippen LogP contribution < -0.4 is 0 Å². The van der Waals surface area contributed by atoms with E-state index in [2.05, 4.69) is 11.9 Å². The lowest BCUT2D eigenvalue weighted by atomic mass is 10.1. The predicted octanol–water partition coefficient (Wildman–Crippen LogP) is 3.21. The van der Waals surface area contributed by atoms with Crippen molar-refractivity contribution < 1.29 is 9.18 Å². The van der Waals surface area contributed by atoms with Crippen molar-refractivity contribution in [3.05, 3.63) is 65.2 Å². The monoisotopic (exact) mass is 243 g/mol. The largest absolute Gasteiger partial charge is 0.294 e. The van der Waals surface area contributed by atoms with Gasteiger partial charge in [0.15, 0.2) is 5.78 Å². The summed E-state index contributed by atoms with van der Waals surface area (Å²) in [6.07, 6.45) is 2.96. The average Bonchev–Trinajstić information content (AvgIpc) is 2.40. The molecule has 0 unspecified atom stereocenters. The highest BCUT2D eigenvalue weighted by Gasteiger charge is 2.07. The number of hydrogen-bond donors (Lipinski definition) is 0. The van der Waals surface area contributed by atoms with Gasteiger partial charge in [-0.05, 0) is 42.3 Å². The zero-order valence-electron chi connectivity index (χ0n) is 10.2. The van der Waals surface area contributed by atoms with Gasteiger partial charge in [-0.25, -0.2) is 4.39 Å². The minimum atomic E-state index is -0.336. The topological polar surface area (TPSA) is 30.0 Å². The molecule has 0 saturated carbocycles. The highest BCUT2D eigenvalue weighted by molar-refractivity contribution is 5.97. The number of aromatic nitrogens is 1. The zero-order valence-corrected chi connectivity index (χ0v) is 10.2. The van der Waals surface area contributed by atoms with Gasteiger partial charge in [-0.1, -0.05) is 13.0 Å². The lowest BCUT2D eigenvalue weighted by molar-refractivity contribution is 0.0992. The second-order valence-corrected chi connectivity index (χ2v) is 4.12. The van der Waals surface area contributed by atoms with Crippen molar-refractivity contribution in [2.75, 3.05) is 0 Å². The fourth-order valence-electron chi connectivity index (χ4n) is 1.67. The number of ketones is 1. The number of carbonyl (C=O) groups excluding carboxylic acids is 1. The van der Waals surface area contributed by atoms with Crippen molar-refractivity contribution in [1.29, 1.82) is 0 Å². The summed E-state index contributed by atoms with van der Waals surface area (Å²) >= 11 is 0. The van der Waals surface area contributed by atoms with Crippen LogP contribution in [0.5, 0.6) is 0 Å². The summed E-state index contributed by atoms with van der Waals surface area (Å²) in [4.78, 5) is 16.2. The molecule has 0 spiro atoms. The van der Waals surface area contributed by atoms with Gasteiger partial charge in [0.1, 0.15) is 5.82 Å². The summed E-state index contributed by atoms with van der Waals surface area (Å²) in [6, 6.07) is 9.42. The van der Waals surface area contributed by atoms with Crippen LogP contribution in [0.2, 0.25) is 0 Å². The molecule has 0 aliphatic heterocycles. The Morgan fingerprint density at radius 3 is 2.44 bits per heavy atom. The Morgan fingerprint density at radius 2 is 1.89 bits per heavy atom. The smallest absolute Gasteiger partial charge is 0.168 e. The number of benzene rings is 1. The van der Waals surface area contributed by atoms with E-state index in [1.54, 1.807) is 6.20 Å². The minimum absolute atomic E-state index is 0.0493. The Morgan fingerprint density at radius 1 is 1.17 bits per heavy atom. The van der Waals surface area contributed by atoms with E-state index in [1.807, 2.05) is 12.1 Å². The molecule has 18 heavy (non-hydrogen) atoms. The number of nitrogens with zero attached hydrogens (tertiary/aromatic N) is 1. The number of pyridine rings is 1. The van der Waals surface area contributed by atoms with Crippen molar-refractivity contribution in [3.63, 3.8) is 0 Å². The first-order chi connectivity index (χ1) is 8.69. The third-order valence-electron chi connectivity index (χ3n) is 2.80. The maximum atomic E-state index is 12.7. The van der Waals surface area contributed by atoms with Crippen LogP contribution in [0.3, 0.4) is 0 Å². The molecule has 0 radical (unpaired) electrons. The summed E-state index contributed by atoms with van der Waals surface area (Å²) in [7, 11) is 0. The van der Waals surface area contributed by atoms with Crippen molar-refractivity contribution in [1.82, 2.24) is 4.98 Å². The van der Waals surface area contributed by atoms with E-state index in [1.165, 1.54) is 24.3 Å². The first kappa shape index (κ1) is 12.4. The first-order valence-electron chi connectivity index (χ1n) is 5.91. The van der Waals surface area contributed by atoms with Crippen LogP contribution in [0.1, 0.15) is 28.5 Å². The molecule has 0 bridgehead atoms. The number of Topliss-reactive ketones (excluding diaryl/α,β-unsaturated/α-hetero) is 1. The Hall–Kier alpha value is -2.03. The molecule has 0 amide bonds. The fraction of sp³-hybridized carbons (Fsp3) is 0.200. The van der Waals surface area contributed by atoms with Gasteiger partial charge in [-0.2, -0.15) is 0 Å². The summed E-state index contributed by atoms with van der Waals surface area (Å²) in [5, 5.41) is 0. The van der Waals surface area contributed by atoms with E-state index in [0.717, 1.165) is 17.7 Å². The molecule has 0 fully saturated rings. The molecule has 92 valence electrons. The van der Waals surface area contributed by atoms with E-state index in [9.17, 15) is 9.18 Å². The van der Waals surface area contributed by atoms with Gasteiger partial charge in [0.05, 0.1) is 6.42 Å². The molecule has 0 atom stereocenters. The Labute approximate surface area is 105 Å². The van der Waals surface area contributed by atoms with Crippen molar-refractivity contribution in [2.45, 2.75) is 19.8 Å². The Kier molecular flexibility index (Phi) is 3.82. The lowest BCUT2D eigenvalue weighted by Gasteiger charge is -2.02. The second-order valence-electron chi connectivity index (χ2n) is 4.12. The van der Waals surface area contributed by atoms with Crippen LogP contribution in [0.15, 0.2) is 42.6 Å². The van der Waals surface area contributed by atoms with E-state index >= 15 is 0 Å². The predicted molar refractivity (Wildman–Crippen MR) is 68.0 cm³/mol.